The SMILES string of the molecule is CN=C(NCc1nc(C)c(C)s1)NC1CCN(c2cccc(Cl)c2)C1.I. The van der Waals surface area contributed by atoms with Gasteiger partial charge in [0.2, 0.25) is 0 Å². The molecule has 0 radical (unpaired) electrons. The Morgan fingerprint density at radius 1 is 1.42 bits per heavy atom. The van der Waals surface area contributed by atoms with E-state index in [1.807, 2.05) is 25.1 Å². The minimum Gasteiger partial charge on any atom is -0.369 e. The normalized spacial score (nSPS) is 17.2. The molecule has 142 valence electrons. The Bertz CT molecular complexity index is 744. The predicted molar refractivity (Wildman–Crippen MR) is 122 cm³/mol. The molecule has 1 fully saturated rings. The van der Waals surface area contributed by atoms with E-state index in [4.69, 9.17) is 11.6 Å². The van der Waals surface area contributed by atoms with Crippen molar-refractivity contribution in [3.8, 4) is 0 Å². The number of aromatic nitrogens is 1. The van der Waals surface area contributed by atoms with Gasteiger partial charge in [0, 0.05) is 41.8 Å². The Kier molecular flexibility index (Phi) is 7.97. The number of rotatable bonds is 4. The van der Waals surface area contributed by atoms with E-state index in [0.717, 1.165) is 41.2 Å². The van der Waals surface area contributed by atoms with Crippen LogP contribution in [0.15, 0.2) is 29.3 Å². The number of halogens is 2. The first-order valence-corrected chi connectivity index (χ1v) is 9.65. The van der Waals surface area contributed by atoms with E-state index in [9.17, 15) is 0 Å². The van der Waals surface area contributed by atoms with E-state index in [1.54, 1.807) is 18.4 Å². The third kappa shape index (κ3) is 5.47. The summed E-state index contributed by atoms with van der Waals surface area (Å²) in [6.45, 7) is 6.80. The molecule has 2 heterocycles. The first-order valence-electron chi connectivity index (χ1n) is 8.45. The molecule has 3 rings (SSSR count). The van der Waals surface area contributed by atoms with E-state index < -0.39 is 0 Å². The summed E-state index contributed by atoms with van der Waals surface area (Å²) < 4.78 is 0. The molecule has 2 N–H and O–H groups in total. The third-order valence-corrected chi connectivity index (χ3v) is 5.71. The van der Waals surface area contributed by atoms with Crippen LogP contribution in [0.2, 0.25) is 5.02 Å². The molecule has 8 heteroatoms. The van der Waals surface area contributed by atoms with Gasteiger partial charge in [-0.3, -0.25) is 4.99 Å². The fraction of sp³-hybridized carbons (Fsp3) is 0.444. The zero-order valence-corrected chi connectivity index (χ0v) is 19.2. The van der Waals surface area contributed by atoms with E-state index in [0.29, 0.717) is 12.6 Å². The molecular formula is C18H25ClIN5S. The lowest BCUT2D eigenvalue weighted by Crippen LogP contribution is -2.44. The fourth-order valence-electron chi connectivity index (χ4n) is 2.95. The second kappa shape index (κ2) is 9.75. The first kappa shape index (κ1) is 21.2. The van der Waals surface area contributed by atoms with Crippen molar-refractivity contribution >= 4 is 58.6 Å². The second-order valence-corrected chi connectivity index (χ2v) is 7.95. The molecule has 0 aliphatic carbocycles. The molecule has 2 aromatic rings. The maximum atomic E-state index is 6.10. The van der Waals surface area contributed by atoms with Gasteiger partial charge in [0.05, 0.1) is 12.2 Å². The van der Waals surface area contributed by atoms with E-state index in [2.05, 4.69) is 38.5 Å². The number of guanidine groups is 1. The number of aryl methyl sites for hydroxylation is 2. The number of benzene rings is 1. The minimum absolute atomic E-state index is 0. The molecule has 0 saturated carbocycles. The minimum atomic E-state index is 0. The topological polar surface area (TPSA) is 52.6 Å². The van der Waals surface area contributed by atoms with Gasteiger partial charge in [-0.25, -0.2) is 4.98 Å². The zero-order chi connectivity index (χ0) is 17.8. The summed E-state index contributed by atoms with van der Waals surface area (Å²) in [5, 5.41) is 8.74. The van der Waals surface area contributed by atoms with Gasteiger partial charge in [0.1, 0.15) is 5.01 Å². The Balaban J connectivity index is 0.00000243. The highest BCUT2D eigenvalue weighted by molar-refractivity contribution is 14.0. The summed E-state index contributed by atoms with van der Waals surface area (Å²) in [5.41, 5.74) is 2.28. The molecule has 1 unspecified atom stereocenters. The number of hydrogen-bond acceptors (Lipinski definition) is 4. The van der Waals surface area contributed by atoms with Crippen LogP contribution >= 0.6 is 46.9 Å². The van der Waals surface area contributed by atoms with Gasteiger partial charge in [0.25, 0.3) is 0 Å². The summed E-state index contributed by atoms with van der Waals surface area (Å²) in [6, 6.07) is 8.39. The van der Waals surface area contributed by atoms with Gasteiger partial charge in [-0.15, -0.1) is 35.3 Å². The van der Waals surface area contributed by atoms with Gasteiger partial charge in [-0.05, 0) is 38.5 Å². The summed E-state index contributed by atoms with van der Waals surface area (Å²) >= 11 is 7.83. The molecule has 0 amide bonds. The molecule has 1 aliphatic rings. The monoisotopic (exact) mass is 505 g/mol. The third-order valence-electron chi connectivity index (χ3n) is 4.41. The standard InChI is InChI=1S/C18H24ClN5S.HI/c1-12-13(2)25-17(22-12)10-21-18(20-3)23-15-7-8-24(11-15)16-6-4-5-14(19)9-16;/h4-6,9,15H,7-8,10-11H2,1-3H3,(H2,20,21,23);1H. The van der Waals surface area contributed by atoms with Crippen LogP contribution in [0, 0.1) is 13.8 Å². The smallest absolute Gasteiger partial charge is 0.191 e. The lowest BCUT2D eigenvalue weighted by Gasteiger charge is -2.20. The highest BCUT2D eigenvalue weighted by Gasteiger charge is 2.23. The average molecular weight is 506 g/mol. The van der Waals surface area contributed by atoms with Crippen molar-refractivity contribution in [3.63, 3.8) is 0 Å². The number of hydrogen-bond donors (Lipinski definition) is 2. The summed E-state index contributed by atoms with van der Waals surface area (Å²) in [4.78, 5) is 12.5. The Morgan fingerprint density at radius 2 is 2.23 bits per heavy atom. The molecule has 26 heavy (non-hydrogen) atoms. The van der Waals surface area contributed by atoms with Crippen molar-refractivity contribution in [2.24, 2.45) is 4.99 Å². The van der Waals surface area contributed by atoms with E-state index >= 15 is 0 Å². The number of nitrogens with one attached hydrogen (secondary N) is 2. The quantitative estimate of drug-likeness (QED) is 0.375. The Hall–Kier alpha value is -1.06. The Labute approximate surface area is 181 Å². The van der Waals surface area contributed by atoms with Crippen LogP contribution in [-0.4, -0.2) is 37.1 Å². The van der Waals surface area contributed by atoms with Crippen LogP contribution in [0.3, 0.4) is 0 Å². The number of nitrogens with zero attached hydrogens (tertiary/aromatic N) is 3. The lowest BCUT2D eigenvalue weighted by atomic mass is 10.3. The van der Waals surface area contributed by atoms with Crippen molar-refractivity contribution in [2.45, 2.75) is 32.9 Å². The molecule has 1 saturated heterocycles. The van der Waals surface area contributed by atoms with E-state index in [1.165, 1.54) is 10.6 Å². The van der Waals surface area contributed by atoms with Gasteiger partial charge in [-0.1, -0.05) is 17.7 Å². The maximum absolute atomic E-state index is 6.10. The number of thiazole rings is 1. The number of aliphatic imine (C=N–C) groups is 1. The molecule has 1 aromatic heterocycles. The van der Waals surface area contributed by atoms with Gasteiger partial charge in [-0.2, -0.15) is 0 Å². The van der Waals surface area contributed by atoms with Gasteiger partial charge in [0.15, 0.2) is 5.96 Å². The second-order valence-electron chi connectivity index (χ2n) is 6.23. The van der Waals surface area contributed by atoms with E-state index in [-0.39, 0.29) is 24.0 Å². The van der Waals surface area contributed by atoms with Crippen molar-refractivity contribution in [3.05, 3.63) is 44.9 Å². The van der Waals surface area contributed by atoms with Crippen molar-refractivity contribution in [1.82, 2.24) is 15.6 Å². The highest BCUT2D eigenvalue weighted by atomic mass is 127. The van der Waals surface area contributed by atoms with Crippen LogP contribution in [0.1, 0.15) is 22.0 Å². The Morgan fingerprint density at radius 3 is 2.88 bits per heavy atom. The first-order chi connectivity index (χ1) is 12.0. The van der Waals surface area contributed by atoms with Crippen LogP contribution in [0.5, 0.6) is 0 Å². The molecule has 1 atom stereocenters. The predicted octanol–water partition coefficient (Wildman–Crippen LogP) is 3.98. The van der Waals surface area contributed by atoms with Crippen LogP contribution in [0.25, 0.3) is 0 Å². The molecule has 1 aliphatic heterocycles. The molecule has 1 aromatic carbocycles. The van der Waals surface area contributed by atoms with Crippen molar-refractivity contribution < 1.29 is 0 Å². The summed E-state index contributed by atoms with van der Waals surface area (Å²) in [7, 11) is 1.80. The number of anilines is 1. The lowest BCUT2D eigenvalue weighted by molar-refractivity contribution is 0.648. The zero-order valence-electron chi connectivity index (χ0n) is 15.3. The maximum Gasteiger partial charge on any atom is 0.191 e. The summed E-state index contributed by atoms with van der Waals surface area (Å²) in [5.74, 6) is 0.823. The van der Waals surface area contributed by atoms with Crippen molar-refractivity contribution in [2.75, 3.05) is 25.0 Å². The molecule has 5 nitrogen and oxygen atoms in total. The average Bonchev–Trinajstić information content (AvgIpc) is 3.18. The highest BCUT2D eigenvalue weighted by Crippen LogP contribution is 2.23. The summed E-state index contributed by atoms with van der Waals surface area (Å²) in [6.07, 6.45) is 1.07. The fourth-order valence-corrected chi connectivity index (χ4v) is 4.01. The molecular weight excluding hydrogens is 481 g/mol. The van der Waals surface area contributed by atoms with Gasteiger partial charge >= 0.3 is 0 Å². The molecule has 0 spiro atoms. The largest absolute Gasteiger partial charge is 0.369 e. The van der Waals surface area contributed by atoms with Crippen LogP contribution < -0.4 is 15.5 Å². The van der Waals surface area contributed by atoms with Gasteiger partial charge < -0.3 is 15.5 Å². The van der Waals surface area contributed by atoms with Crippen LogP contribution in [-0.2, 0) is 6.54 Å². The van der Waals surface area contributed by atoms with Crippen molar-refractivity contribution in [1.29, 1.82) is 0 Å². The van der Waals surface area contributed by atoms with Crippen LogP contribution in [0.4, 0.5) is 5.69 Å². The molecule has 0 bridgehead atoms.